The molecule has 0 aliphatic carbocycles. The maximum Gasteiger partial charge on any atom is 0.331 e. The van der Waals surface area contributed by atoms with E-state index < -0.39 is 5.97 Å². The normalized spacial score (nSPS) is 9.07. The highest BCUT2D eigenvalue weighted by molar-refractivity contribution is 5.94. The number of esters is 1. The molecule has 0 aromatic heterocycles. The second-order valence-corrected chi connectivity index (χ2v) is 2.68. The van der Waals surface area contributed by atoms with Crippen molar-refractivity contribution in [3.63, 3.8) is 0 Å². The lowest BCUT2D eigenvalue weighted by Crippen LogP contribution is -2.27. The summed E-state index contributed by atoms with van der Waals surface area (Å²) in [5.74, 6) is -0.851. The van der Waals surface area contributed by atoms with Gasteiger partial charge < -0.3 is 10.1 Å². The van der Waals surface area contributed by atoms with Gasteiger partial charge in [-0.1, -0.05) is 24.8 Å². The topological polar surface area (TPSA) is 55.4 Å². The molecule has 1 rings (SSSR count). The number of nitrogens with one attached hydrogen (secondary N) is 1. The van der Waals surface area contributed by atoms with Gasteiger partial charge in [-0.25, -0.2) is 4.79 Å². The van der Waals surface area contributed by atoms with Gasteiger partial charge in [-0.15, -0.1) is 0 Å². The minimum Gasteiger partial charge on any atom is -0.441 e. The Morgan fingerprint density at radius 1 is 1.33 bits per heavy atom. The summed E-state index contributed by atoms with van der Waals surface area (Å²) in [7, 11) is 0. The fourth-order valence-corrected chi connectivity index (χ4v) is 0.923. The Labute approximate surface area is 87.6 Å². The lowest BCUT2D eigenvalue weighted by Gasteiger charge is -2.04. The first-order valence-electron chi connectivity index (χ1n) is 4.36. The van der Waals surface area contributed by atoms with Gasteiger partial charge in [0, 0.05) is 11.6 Å². The first-order chi connectivity index (χ1) is 7.24. The Kier molecular flexibility index (Phi) is 4.09. The number of ether oxygens (including phenoxy) is 1. The Bertz CT molecular complexity index is 359. The molecule has 0 radical (unpaired) electrons. The molecule has 4 heteroatoms. The number of rotatable bonds is 4. The molecule has 0 heterocycles. The molecular weight excluding hydrogens is 194 g/mol. The highest BCUT2D eigenvalue weighted by Crippen LogP contribution is 1.97. The highest BCUT2D eigenvalue weighted by atomic mass is 16.5. The molecule has 4 nitrogen and oxygen atoms in total. The lowest BCUT2D eigenvalue weighted by atomic mass is 10.2. The van der Waals surface area contributed by atoms with Gasteiger partial charge >= 0.3 is 5.97 Å². The van der Waals surface area contributed by atoms with Crippen molar-refractivity contribution < 1.29 is 14.3 Å². The van der Waals surface area contributed by atoms with E-state index in [1.54, 1.807) is 24.3 Å². The maximum absolute atomic E-state index is 11.4. The van der Waals surface area contributed by atoms with Gasteiger partial charge in [-0.05, 0) is 12.1 Å². The van der Waals surface area contributed by atoms with Crippen molar-refractivity contribution in [3.8, 4) is 0 Å². The van der Waals surface area contributed by atoms with E-state index in [1.165, 1.54) is 0 Å². The number of hydrogen-bond donors (Lipinski definition) is 1. The molecular formula is C11H11NO3. The molecule has 1 amide bonds. The van der Waals surface area contributed by atoms with E-state index in [1.807, 2.05) is 6.07 Å². The van der Waals surface area contributed by atoms with Crippen molar-refractivity contribution in [3.05, 3.63) is 48.6 Å². The Balaban J connectivity index is 2.37. The Morgan fingerprint density at radius 3 is 2.60 bits per heavy atom. The van der Waals surface area contributed by atoms with Gasteiger partial charge in [0.05, 0.1) is 0 Å². The van der Waals surface area contributed by atoms with Crippen LogP contribution < -0.4 is 5.32 Å². The van der Waals surface area contributed by atoms with Crippen molar-refractivity contribution in [2.75, 3.05) is 6.73 Å². The summed E-state index contributed by atoms with van der Waals surface area (Å²) in [6.45, 7) is 3.08. The molecule has 1 aromatic rings. The van der Waals surface area contributed by atoms with Crippen LogP contribution in [0.2, 0.25) is 0 Å². The number of hydrogen-bond acceptors (Lipinski definition) is 3. The van der Waals surface area contributed by atoms with Crippen LogP contribution in [0.1, 0.15) is 10.4 Å². The monoisotopic (exact) mass is 205 g/mol. The van der Waals surface area contributed by atoms with E-state index in [4.69, 9.17) is 0 Å². The van der Waals surface area contributed by atoms with E-state index in [9.17, 15) is 9.59 Å². The van der Waals surface area contributed by atoms with E-state index >= 15 is 0 Å². The number of benzene rings is 1. The van der Waals surface area contributed by atoms with Crippen molar-refractivity contribution in [1.82, 2.24) is 5.32 Å². The summed E-state index contributed by atoms with van der Waals surface area (Å²) in [6.07, 6.45) is 1.04. The first kappa shape index (κ1) is 11.0. The fourth-order valence-electron chi connectivity index (χ4n) is 0.923. The standard InChI is InChI=1S/C11H11NO3/c1-2-10(13)15-8-12-11(14)9-6-4-3-5-7-9/h2-7H,1,8H2,(H,12,14). The predicted molar refractivity (Wildman–Crippen MR) is 55.1 cm³/mol. The molecule has 0 aliphatic rings. The van der Waals surface area contributed by atoms with Crippen LogP contribution in [0, 0.1) is 0 Å². The zero-order valence-corrected chi connectivity index (χ0v) is 8.10. The Morgan fingerprint density at radius 2 is 2.00 bits per heavy atom. The van der Waals surface area contributed by atoms with Crippen LogP contribution in [0.15, 0.2) is 43.0 Å². The summed E-state index contributed by atoms with van der Waals surface area (Å²) in [5.41, 5.74) is 0.521. The van der Waals surface area contributed by atoms with Crippen LogP contribution in [0.25, 0.3) is 0 Å². The maximum atomic E-state index is 11.4. The van der Waals surface area contributed by atoms with Crippen LogP contribution in [-0.4, -0.2) is 18.6 Å². The average molecular weight is 205 g/mol. The van der Waals surface area contributed by atoms with Gasteiger partial charge in [-0.3, -0.25) is 4.79 Å². The fraction of sp³-hybridized carbons (Fsp3) is 0.0909. The molecule has 0 fully saturated rings. The first-order valence-corrected chi connectivity index (χ1v) is 4.36. The van der Waals surface area contributed by atoms with Gasteiger partial charge in [0.2, 0.25) is 0 Å². The summed E-state index contributed by atoms with van der Waals surface area (Å²) >= 11 is 0. The van der Waals surface area contributed by atoms with Gasteiger partial charge in [0.1, 0.15) is 0 Å². The number of carbonyl (C=O) groups is 2. The average Bonchev–Trinajstić information content (AvgIpc) is 2.29. The molecule has 0 spiro atoms. The Hall–Kier alpha value is -2.10. The quantitative estimate of drug-likeness (QED) is 0.455. The second-order valence-electron chi connectivity index (χ2n) is 2.68. The summed E-state index contributed by atoms with van der Waals surface area (Å²) < 4.78 is 4.59. The SMILES string of the molecule is C=CC(=O)OCNC(=O)c1ccccc1. The molecule has 0 unspecified atom stereocenters. The van der Waals surface area contributed by atoms with E-state index in [0.29, 0.717) is 5.56 Å². The van der Waals surface area contributed by atoms with Crippen LogP contribution >= 0.6 is 0 Å². The van der Waals surface area contributed by atoms with Crippen LogP contribution in [-0.2, 0) is 9.53 Å². The summed E-state index contributed by atoms with van der Waals surface area (Å²) in [6, 6.07) is 8.67. The van der Waals surface area contributed by atoms with Crippen molar-refractivity contribution in [1.29, 1.82) is 0 Å². The van der Waals surface area contributed by atoms with E-state index in [0.717, 1.165) is 6.08 Å². The third-order valence-electron chi connectivity index (χ3n) is 1.65. The second kappa shape index (κ2) is 5.59. The minimum atomic E-state index is -0.566. The highest BCUT2D eigenvalue weighted by Gasteiger charge is 2.03. The van der Waals surface area contributed by atoms with E-state index in [-0.39, 0.29) is 12.6 Å². The lowest BCUT2D eigenvalue weighted by molar-refractivity contribution is -0.138. The molecule has 0 saturated carbocycles. The largest absolute Gasteiger partial charge is 0.441 e. The number of amides is 1. The molecule has 15 heavy (non-hydrogen) atoms. The van der Waals surface area contributed by atoms with Gasteiger partial charge in [-0.2, -0.15) is 0 Å². The summed E-state index contributed by atoms with van der Waals surface area (Å²) in [4.78, 5) is 22.0. The summed E-state index contributed by atoms with van der Waals surface area (Å²) in [5, 5.41) is 2.43. The number of carbonyl (C=O) groups excluding carboxylic acids is 2. The zero-order valence-electron chi connectivity index (χ0n) is 8.10. The van der Waals surface area contributed by atoms with Crippen LogP contribution in [0.5, 0.6) is 0 Å². The molecule has 0 aliphatic heterocycles. The smallest absolute Gasteiger partial charge is 0.331 e. The van der Waals surface area contributed by atoms with Gasteiger partial charge in [0.25, 0.3) is 5.91 Å². The van der Waals surface area contributed by atoms with Crippen molar-refractivity contribution >= 4 is 11.9 Å². The van der Waals surface area contributed by atoms with Crippen LogP contribution in [0.3, 0.4) is 0 Å². The van der Waals surface area contributed by atoms with Crippen molar-refractivity contribution in [2.45, 2.75) is 0 Å². The molecule has 0 saturated heterocycles. The third kappa shape index (κ3) is 3.64. The molecule has 0 bridgehead atoms. The van der Waals surface area contributed by atoms with Gasteiger partial charge in [0.15, 0.2) is 6.73 Å². The zero-order chi connectivity index (χ0) is 11.1. The van der Waals surface area contributed by atoms with E-state index in [2.05, 4.69) is 16.6 Å². The van der Waals surface area contributed by atoms with Crippen molar-refractivity contribution in [2.24, 2.45) is 0 Å². The molecule has 1 N–H and O–H groups in total. The third-order valence-corrected chi connectivity index (χ3v) is 1.65. The molecule has 78 valence electrons. The predicted octanol–water partition coefficient (Wildman–Crippen LogP) is 1.10. The molecule has 0 atom stereocenters. The van der Waals surface area contributed by atoms with Crippen LogP contribution in [0.4, 0.5) is 0 Å². The minimum absolute atomic E-state index is 0.154. The molecule has 1 aromatic carbocycles.